The molecule has 3 aromatic rings. The number of aryl methyl sites for hydroxylation is 1. The van der Waals surface area contributed by atoms with Gasteiger partial charge < -0.3 is 15.5 Å². The fourth-order valence-electron chi connectivity index (χ4n) is 4.45. The van der Waals surface area contributed by atoms with Crippen molar-refractivity contribution < 1.29 is 4.79 Å². The lowest BCUT2D eigenvalue weighted by Crippen LogP contribution is -2.44. The lowest BCUT2D eigenvalue weighted by Gasteiger charge is -2.29. The van der Waals surface area contributed by atoms with Crippen molar-refractivity contribution in [2.75, 3.05) is 31.1 Å². The Morgan fingerprint density at radius 2 is 1.91 bits per heavy atom. The topological polar surface area (TPSA) is 93.9 Å². The third kappa shape index (κ3) is 4.18. The van der Waals surface area contributed by atoms with E-state index in [0.29, 0.717) is 11.1 Å². The molecule has 0 atom stereocenters. The van der Waals surface area contributed by atoms with Crippen LogP contribution in [0, 0.1) is 18.3 Å². The fraction of sp³-hybridized carbons (Fsp3) is 0.308. The Labute approximate surface area is 193 Å². The molecule has 2 aromatic heterocycles. The Balaban J connectivity index is 1.44. The Bertz CT molecular complexity index is 1220. The van der Waals surface area contributed by atoms with Gasteiger partial charge in [-0.3, -0.25) is 9.78 Å². The summed E-state index contributed by atoms with van der Waals surface area (Å²) in [6.07, 6.45) is 6.91. The third-order valence-corrected chi connectivity index (χ3v) is 6.55. The number of rotatable bonds is 5. The Hall–Kier alpha value is -3.76. The zero-order chi connectivity index (χ0) is 22.8. The van der Waals surface area contributed by atoms with Crippen LogP contribution in [-0.4, -0.2) is 42.1 Å². The van der Waals surface area contributed by atoms with E-state index in [-0.39, 0.29) is 11.4 Å². The zero-order valence-electron chi connectivity index (χ0n) is 18.6. The predicted molar refractivity (Wildman–Crippen MR) is 127 cm³/mol. The molecule has 33 heavy (non-hydrogen) atoms. The average molecular weight is 439 g/mol. The minimum atomic E-state index is -0.352. The van der Waals surface area contributed by atoms with Gasteiger partial charge in [-0.2, -0.15) is 5.26 Å². The van der Waals surface area contributed by atoms with Crippen LogP contribution in [0.5, 0.6) is 0 Å². The van der Waals surface area contributed by atoms with E-state index in [1.165, 1.54) is 0 Å². The quantitative estimate of drug-likeness (QED) is 0.636. The number of benzene rings is 1. The van der Waals surface area contributed by atoms with Crippen LogP contribution >= 0.6 is 0 Å². The van der Waals surface area contributed by atoms with Gasteiger partial charge in [0.15, 0.2) is 0 Å². The van der Waals surface area contributed by atoms with Gasteiger partial charge in [0.05, 0.1) is 11.1 Å². The molecule has 7 nitrogen and oxygen atoms in total. The highest BCUT2D eigenvalue weighted by Gasteiger charge is 2.46. The lowest BCUT2D eigenvalue weighted by molar-refractivity contribution is 0.0930. The predicted octanol–water partition coefficient (Wildman–Crippen LogP) is 3.15. The van der Waals surface area contributed by atoms with Gasteiger partial charge in [-0.15, -0.1) is 0 Å². The molecule has 0 spiro atoms. The molecule has 1 aromatic carbocycles. The van der Waals surface area contributed by atoms with E-state index >= 15 is 0 Å². The molecule has 1 aliphatic heterocycles. The van der Waals surface area contributed by atoms with Gasteiger partial charge in [-0.05, 0) is 60.7 Å². The maximum atomic E-state index is 12.8. The Morgan fingerprint density at radius 3 is 2.61 bits per heavy atom. The summed E-state index contributed by atoms with van der Waals surface area (Å²) in [5, 5.41) is 16.4. The van der Waals surface area contributed by atoms with Gasteiger partial charge >= 0.3 is 0 Å². The van der Waals surface area contributed by atoms with Crippen molar-refractivity contribution in [2.45, 2.75) is 25.3 Å². The Morgan fingerprint density at radius 1 is 1.15 bits per heavy atom. The van der Waals surface area contributed by atoms with Crippen LogP contribution in [0.3, 0.4) is 0 Å². The number of nitrogens with one attached hydrogen (secondary N) is 2. The van der Waals surface area contributed by atoms with Gasteiger partial charge in [-0.1, -0.05) is 12.1 Å². The number of pyridine rings is 2. The summed E-state index contributed by atoms with van der Waals surface area (Å²) in [6, 6.07) is 14.0. The highest BCUT2D eigenvalue weighted by atomic mass is 16.1. The monoisotopic (exact) mass is 438 g/mol. The van der Waals surface area contributed by atoms with Gasteiger partial charge in [0.2, 0.25) is 0 Å². The SMILES string of the molecule is Cc1ccc(C2(NC(=O)c3ccncc3)CC2)cc1-c1cnc(N2CCNCC2)c(C#N)c1. The second-order valence-corrected chi connectivity index (χ2v) is 8.75. The molecule has 7 heteroatoms. The van der Waals surface area contributed by atoms with E-state index in [9.17, 15) is 10.1 Å². The van der Waals surface area contributed by atoms with Crippen molar-refractivity contribution in [1.29, 1.82) is 5.26 Å². The zero-order valence-corrected chi connectivity index (χ0v) is 18.6. The molecule has 5 rings (SSSR count). The maximum absolute atomic E-state index is 12.8. The molecule has 1 saturated heterocycles. The number of hydrogen-bond acceptors (Lipinski definition) is 6. The van der Waals surface area contributed by atoms with E-state index in [4.69, 9.17) is 0 Å². The largest absolute Gasteiger partial charge is 0.353 e. The van der Waals surface area contributed by atoms with Crippen LogP contribution in [0.4, 0.5) is 5.82 Å². The van der Waals surface area contributed by atoms with Crippen LogP contribution in [0.25, 0.3) is 11.1 Å². The minimum Gasteiger partial charge on any atom is -0.353 e. The van der Waals surface area contributed by atoms with E-state index in [0.717, 1.165) is 67.1 Å². The first-order valence-corrected chi connectivity index (χ1v) is 11.3. The van der Waals surface area contributed by atoms with Gasteiger partial charge in [0.25, 0.3) is 5.91 Å². The second-order valence-electron chi connectivity index (χ2n) is 8.75. The molecular formula is C26H26N6O. The molecule has 0 radical (unpaired) electrons. The van der Waals surface area contributed by atoms with Crippen molar-refractivity contribution >= 4 is 11.7 Å². The number of aromatic nitrogens is 2. The van der Waals surface area contributed by atoms with Crippen molar-refractivity contribution in [3.8, 4) is 17.2 Å². The standard InChI is InChI=1S/C26H26N6O/c1-18-2-3-22(26(6-7-26)31-25(33)19-4-8-28-9-5-19)15-23(18)21-14-20(16-27)24(30-17-21)32-12-10-29-11-13-32/h2-5,8-9,14-15,17,29H,6-7,10-13H2,1H3,(H,31,33). The average Bonchev–Trinajstić information content (AvgIpc) is 3.65. The van der Waals surface area contributed by atoms with Crippen LogP contribution in [0.15, 0.2) is 55.0 Å². The summed E-state index contributed by atoms with van der Waals surface area (Å²) in [5.74, 6) is 0.658. The number of anilines is 1. The molecule has 1 aliphatic carbocycles. The first-order valence-electron chi connectivity index (χ1n) is 11.3. The van der Waals surface area contributed by atoms with E-state index in [1.807, 2.05) is 12.3 Å². The molecule has 2 N–H and O–H groups in total. The molecule has 0 bridgehead atoms. The highest BCUT2D eigenvalue weighted by molar-refractivity contribution is 5.95. The maximum Gasteiger partial charge on any atom is 0.252 e. The number of carbonyl (C=O) groups is 1. The van der Waals surface area contributed by atoms with Gasteiger partial charge in [0.1, 0.15) is 11.9 Å². The van der Waals surface area contributed by atoms with Crippen molar-refractivity contribution in [3.63, 3.8) is 0 Å². The minimum absolute atomic E-state index is 0.0918. The normalized spacial score (nSPS) is 16.7. The van der Waals surface area contributed by atoms with E-state index in [2.05, 4.69) is 56.7 Å². The molecule has 1 amide bonds. The van der Waals surface area contributed by atoms with E-state index < -0.39 is 0 Å². The van der Waals surface area contributed by atoms with Crippen LogP contribution in [0.2, 0.25) is 0 Å². The van der Waals surface area contributed by atoms with Gasteiger partial charge in [0, 0.05) is 55.9 Å². The number of nitriles is 1. The summed E-state index contributed by atoms with van der Waals surface area (Å²) in [6.45, 7) is 5.53. The van der Waals surface area contributed by atoms with Crippen molar-refractivity contribution in [2.24, 2.45) is 0 Å². The Kier molecular flexibility index (Phi) is 5.53. The van der Waals surface area contributed by atoms with Crippen LogP contribution in [-0.2, 0) is 5.54 Å². The smallest absolute Gasteiger partial charge is 0.252 e. The molecule has 2 fully saturated rings. The van der Waals surface area contributed by atoms with Gasteiger partial charge in [-0.25, -0.2) is 4.98 Å². The molecule has 3 heterocycles. The molecule has 1 saturated carbocycles. The molecular weight excluding hydrogens is 412 g/mol. The summed E-state index contributed by atoms with van der Waals surface area (Å²) in [5.41, 5.74) is 4.98. The lowest BCUT2D eigenvalue weighted by atomic mass is 9.94. The first-order chi connectivity index (χ1) is 16.1. The highest BCUT2D eigenvalue weighted by Crippen LogP contribution is 2.47. The summed E-state index contributed by atoms with van der Waals surface area (Å²) in [7, 11) is 0. The molecule has 2 aliphatic rings. The number of carbonyl (C=O) groups excluding carboxylic acids is 1. The number of hydrogen-bond donors (Lipinski definition) is 2. The first kappa shape index (κ1) is 21.1. The van der Waals surface area contributed by atoms with Crippen molar-refractivity contribution in [1.82, 2.24) is 20.6 Å². The summed E-state index contributed by atoms with van der Waals surface area (Å²) >= 11 is 0. The second kappa shape index (κ2) is 8.64. The van der Waals surface area contributed by atoms with E-state index in [1.54, 1.807) is 24.5 Å². The molecule has 0 unspecified atom stereocenters. The van der Waals surface area contributed by atoms with Crippen LogP contribution in [0.1, 0.15) is 39.9 Å². The summed E-state index contributed by atoms with van der Waals surface area (Å²) in [4.78, 5) is 23.6. The fourth-order valence-corrected chi connectivity index (χ4v) is 4.45. The third-order valence-electron chi connectivity index (χ3n) is 6.55. The van der Waals surface area contributed by atoms with Crippen molar-refractivity contribution in [3.05, 3.63) is 77.2 Å². The van der Waals surface area contributed by atoms with Crippen LogP contribution < -0.4 is 15.5 Å². The number of nitrogens with zero attached hydrogens (tertiary/aromatic N) is 4. The number of amides is 1. The molecule has 166 valence electrons. The number of piperazine rings is 1. The summed E-state index contributed by atoms with van der Waals surface area (Å²) < 4.78 is 0.